The molecule has 2 aromatic rings. The standard InChI is InChI=1S/C17H15NO2/c1-12-15(13-8-4-2-5-9-13)18(17(20)16(12)19)14-10-6-3-7-11-14/h2-11,15,19H,1H3. The highest BCUT2D eigenvalue weighted by Gasteiger charge is 2.38. The summed E-state index contributed by atoms with van der Waals surface area (Å²) in [6.45, 7) is 1.80. The van der Waals surface area contributed by atoms with E-state index < -0.39 is 0 Å². The van der Waals surface area contributed by atoms with Crippen molar-refractivity contribution in [2.24, 2.45) is 0 Å². The van der Waals surface area contributed by atoms with Gasteiger partial charge >= 0.3 is 0 Å². The Bertz CT molecular complexity index is 662. The first-order valence-corrected chi connectivity index (χ1v) is 6.53. The van der Waals surface area contributed by atoms with Crippen molar-refractivity contribution in [3.63, 3.8) is 0 Å². The van der Waals surface area contributed by atoms with Gasteiger partial charge in [0.1, 0.15) is 0 Å². The summed E-state index contributed by atoms with van der Waals surface area (Å²) in [5.41, 5.74) is 2.46. The molecule has 1 aliphatic rings. The van der Waals surface area contributed by atoms with Gasteiger partial charge in [0.15, 0.2) is 5.76 Å². The Kier molecular flexibility index (Phi) is 3.03. The molecule has 0 aromatic heterocycles. The zero-order valence-corrected chi connectivity index (χ0v) is 11.2. The van der Waals surface area contributed by atoms with Crippen LogP contribution in [0.4, 0.5) is 5.69 Å². The molecular weight excluding hydrogens is 250 g/mol. The second kappa shape index (κ2) is 4.85. The van der Waals surface area contributed by atoms with Crippen LogP contribution in [0.5, 0.6) is 0 Å². The number of benzene rings is 2. The molecule has 0 spiro atoms. The highest BCUT2D eigenvalue weighted by Crippen LogP contribution is 2.39. The third-order valence-corrected chi connectivity index (χ3v) is 3.61. The van der Waals surface area contributed by atoms with Gasteiger partial charge in [-0.2, -0.15) is 0 Å². The average Bonchev–Trinajstić information content (AvgIpc) is 2.73. The van der Waals surface area contributed by atoms with E-state index >= 15 is 0 Å². The molecule has 1 amide bonds. The normalized spacial score (nSPS) is 18.8. The minimum absolute atomic E-state index is 0.150. The van der Waals surface area contributed by atoms with Gasteiger partial charge in [-0.1, -0.05) is 48.5 Å². The van der Waals surface area contributed by atoms with E-state index in [0.29, 0.717) is 5.57 Å². The SMILES string of the molecule is CC1=C(O)C(=O)N(c2ccccc2)C1c1ccccc1. The molecule has 1 atom stereocenters. The third kappa shape index (κ3) is 1.88. The van der Waals surface area contributed by atoms with Crippen molar-refractivity contribution in [3.8, 4) is 0 Å². The van der Waals surface area contributed by atoms with E-state index in [1.807, 2.05) is 60.7 Å². The molecule has 1 heterocycles. The van der Waals surface area contributed by atoms with Crippen LogP contribution in [0.15, 0.2) is 72.0 Å². The number of hydrogen-bond acceptors (Lipinski definition) is 2. The zero-order valence-electron chi connectivity index (χ0n) is 11.2. The molecule has 3 nitrogen and oxygen atoms in total. The first-order valence-electron chi connectivity index (χ1n) is 6.53. The molecule has 1 N–H and O–H groups in total. The summed E-state index contributed by atoms with van der Waals surface area (Å²) in [6.07, 6.45) is 0. The molecule has 3 rings (SSSR count). The van der Waals surface area contributed by atoms with Crippen molar-refractivity contribution in [3.05, 3.63) is 77.6 Å². The Hall–Kier alpha value is -2.55. The topological polar surface area (TPSA) is 40.5 Å². The number of aliphatic hydroxyl groups excluding tert-OH is 1. The number of rotatable bonds is 2. The van der Waals surface area contributed by atoms with E-state index in [1.54, 1.807) is 11.8 Å². The highest BCUT2D eigenvalue weighted by molar-refractivity contribution is 6.08. The van der Waals surface area contributed by atoms with Gasteiger partial charge in [0.2, 0.25) is 0 Å². The van der Waals surface area contributed by atoms with Gasteiger partial charge in [0.25, 0.3) is 5.91 Å². The summed E-state index contributed by atoms with van der Waals surface area (Å²) in [4.78, 5) is 14.0. The maximum Gasteiger partial charge on any atom is 0.293 e. The quantitative estimate of drug-likeness (QED) is 0.901. The first kappa shape index (κ1) is 12.5. The molecule has 100 valence electrons. The number of carbonyl (C=O) groups is 1. The van der Waals surface area contributed by atoms with Crippen LogP contribution in [0.1, 0.15) is 18.5 Å². The van der Waals surface area contributed by atoms with Crippen LogP contribution < -0.4 is 4.90 Å². The van der Waals surface area contributed by atoms with Crippen LogP contribution in [0.2, 0.25) is 0 Å². The molecule has 0 bridgehead atoms. The number of amides is 1. The second-order valence-electron chi connectivity index (χ2n) is 4.86. The van der Waals surface area contributed by atoms with Gasteiger partial charge in [-0.15, -0.1) is 0 Å². The summed E-state index contributed by atoms with van der Waals surface area (Å²) in [5.74, 6) is -0.495. The summed E-state index contributed by atoms with van der Waals surface area (Å²) in [7, 11) is 0. The lowest BCUT2D eigenvalue weighted by Crippen LogP contribution is -2.29. The smallest absolute Gasteiger partial charge is 0.293 e. The Morgan fingerprint density at radius 2 is 1.50 bits per heavy atom. The zero-order chi connectivity index (χ0) is 14.1. The van der Waals surface area contributed by atoms with Crippen LogP contribution in [0.3, 0.4) is 0 Å². The molecule has 1 aliphatic heterocycles. The molecule has 0 saturated heterocycles. The molecule has 0 radical (unpaired) electrons. The fourth-order valence-corrected chi connectivity index (χ4v) is 2.61. The van der Waals surface area contributed by atoms with Gasteiger partial charge < -0.3 is 5.11 Å². The molecule has 3 heteroatoms. The fraction of sp³-hybridized carbons (Fsp3) is 0.118. The van der Waals surface area contributed by atoms with Crippen LogP contribution in [0.25, 0.3) is 0 Å². The van der Waals surface area contributed by atoms with Gasteiger partial charge in [0, 0.05) is 11.3 Å². The van der Waals surface area contributed by atoms with Gasteiger partial charge in [0.05, 0.1) is 6.04 Å². The average molecular weight is 265 g/mol. The first-order chi connectivity index (χ1) is 9.70. The summed E-state index contributed by atoms with van der Waals surface area (Å²) in [6, 6.07) is 18.9. The van der Waals surface area contributed by atoms with Crippen molar-refractivity contribution in [2.45, 2.75) is 13.0 Å². The van der Waals surface area contributed by atoms with Gasteiger partial charge in [-0.3, -0.25) is 9.69 Å². The maximum atomic E-state index is 12.3. The largest absolute Gasteiger partial charge is 0.503 e. The second-order valence-corrected chi connectivity index (χ2v) is 4.86. The molecule has 2 aromatic carbocycles. The Morgan fingerprint density at radius 1 is 0.950 bits per heavy atom. The number of aliphatic hydroxyl groups is 1. The van der Waals surface area contributed by atoms with E-state index in [1.165, 1.54) is 0 Å². The van der Waals surface area contributed by atoms with Crippen molar-refractivity contribution in [1.82, 2.24) is 0 Å². The number of hydrogen-bond donors (Lipinski definition) is 1. The number of nitrogens with zero attached hydrogens (tertiary/aromatic N) is 1. The molecule has 0 saturated carbocycles. The van der Waals surface area contributed by atoms with Crippen LogP contribution in [-0.4, -0.2) is 11.0 Å². The summed E-state index contributed by atoms with van der Waals surface area (Å²) in [5, 5.41) is 10.0. The highest BCUT2D eigenvalue weighted by atomic mass is 16.3. The lowest BCUT2D eigenvalue weighted by atomic mass is 10.0. The van der Waals surface area contributed by atoms with Crippen LogP contribution in [0, 0.1) is 0 Å². The van der Waals surface area contributed by atoms with E-state index in [0.717, 1.165) is 11.3 Å². The molecule has 0 fully saturated rings. The monoisotopic (exact) mass is 265 g/mol. The molecule has 0 aliphatic carbocycles. The van der Waals surface area contributed by atoms with Crippen molar-refractivity contribution < 1.29 is 9.90 Å². The summed E-state index contributed by atoms with van der Waals surface area (Å²) < 4.78 is 0. The van der Waals surface area contributed by atoms with E-state index in [9.17, 15) is 9.90 Å². The van der Waals surface area contributed by atoms with Gasteiger partial charge in [-0.05, 0) is 24.6 Å². The van der Waals surface area contributed by atoms with Crippen molar-refractivity contribution in [2.75, 3.05) is 4.90 Å². The van der Waals surface area contributed by atoms with Gasteiger partial charge in [-0.25, -0.2) is 0 Å². The molecule has 1 unspecified atom stereocenters. The summed E-state index contributed by atoms with van der Waals surface area (Å²) >= 11 is 0. The van der Waals surface area contributed by atoms with E-state index in [4.69, 9.17) is 0 Å². The number of anilines is 1. The maximum absolute atomic E-state index is 12.3. The Morgan fingerprint density at radius 3 is 2.10 bits per heavy atom. The lowest BCUT2D eigenvalue weighted by molar-refractivity contribution is -0.117. The van der Waals surface area contributed by atoms with Crippen LogP contribution in [-0.2, 0) is 4.79 Å². The number of carbonyl (C=O) groups excluding carboxylic acids is 1. The minimum Gasteiger partial charge on any atom is -0.503 e. The van der Waals surface area contributed by atoms with E-state index in [2.05, 4.69) is 0 Å². The minimum atomic E-state index is -0.345. The van der Waals surface area contributed by atoms with Crippen molar-refractivity contribution >= 4 is 11.6 Å². The van der Waals surface area contributed by atoms with Crippen molar-refractivity contribution in [1.29, 1.82) is 0 Å². The predicted octanol–water partition coefficient (Wildman–Crippen LogP) is 3.61. The Labute approximate surface area is 117 Å². The molecule has 20 heavy (non-hydrogen) atoms. The van der Waals surface area contributed by atoms with E-state index in [-0.39, 0.29) is 17.7 Å². The lowest BCUT2D eigenvalue weighted by Gasteiger charge is -2.26. The fourth-order valence-electron chi connectivity index (χ4n) is 2.61. The van der Waals surface area contributed by atoms with Crippen LogP contribution >= 0.6 is 0 Å². The third-order valence-electron chi connectivity index (χ3n) is 3.61. The Balaban J connectivity index is 2.11. The predicted molar refractivity (Wildman–Crippen MR) is 78.4 cm³/mol. The number of para-hydroxylation sites is 1. The molecular formula is C17H15NO2.